The van der Waals surface area contributed by atoms with Crippen molar-refractivity contribution in [2.24, 2.45) is 5.92 Å². The van der Waals surface area contributed by atoms with Crippen molar-refractivity contribution in [1.29, 1.82) is 0 Å². The molecular formula is C26H26N4O2S2. The maximum Gasteiger partial charge on any atom is 0.225 e. The molecule has 8 heteroatoms. The molecule has 2 saturated heterocycles. The number of pyridine rings is 1. The fourth-order valence-electron chi connectivity index (χ4n) is 4.55. The summed E-state index contributed by atoms with van der Waals surface area (Å²) in [5.74, 6) is 1.28. The van der Waals surface area contributed by atoms with Crippen LogP contribution < -0.4 is 4.90 Å². The Kier molecular flexibility index (Phi) is 7.16. The number of hydrogen-bond donors (Lipinski definition) is 0. The molecule has 0 spiro atoms. The smallest absolute Gasteiger partial charge is 0.225 e. The lowest BCUT2D eigenvalue weighted by Crippen LogP contribution is -2.35. The van der Waals surface area contributed by atoms with E-state index in [2.05, 4.69) is 43.4 Å². The maximum atomic E-state index is 11.9. The van der Waals surface area contributed by atoms with Gasteiger partial charge in [0, 0.05) is 41.6 Å². The first-order valence-electron chi connectivity index (χ1n) is 11.7. The van der Waals surface area contributed by atoms with Gasteiger partial charge in [-0.3, -0.25) is 14.6 Å². The molecule has 0 amide bonds. The highest BCUT2D eigenvalue weighted by atomic mass is 32.2. The summed E-state index contributed by atoms with van der Waals surface area (Å²) in [5.41, 5.74) is 3.14. The quantitative estimate of drug-likeness (QED) is 0.324. The third-order valence-corrected chi connectivity index (χ3v) is 8.19. The molecule has 0 atom stereocenters. The molecule has 0 saturated carbocycles. The van der Waals surface area contributed by atoms with E-state index in [0.717, 1.165) is 50.5 Å². The van der Waals surface area contributed by atoms with Gasteiger partial charge in [-0.15, -0.1) is 11.3 Å². The second kappa shape index (κ2) is 10.6. The van der Waals surface area contributed by atoms with E-state index in [1.165, 1.54) is 22.6 Å². The molecular weight excluding hydrogens is 464 g/mol. The van der Waals surface area contributed by atoms with Gasteiger partial charge in [-0.1, -0.05) is 12.1 Å². The van der Waals surface area contributed by atoms with Gasteiger partial charge in [0.15, 0.2) is 5.78 Å². The van der Waals surface area contributed by atoms with Crippen LogP contribution in [-0.2, 0) is 16.0 Å². The van der Waals surface area contributed by atoms with Crippen LogP contribution in [0.5, 0.6) is 0 Å². The highest BCUT2D eigenvalue weighted by Crippen LogP contribution is 2.31. The van der Waals surface area contributed by atoms with E-state index in [1.54, 1.807) is 29.7 Å². The first kappa shape index (κ1) is 22.9. The molecule has 0 radical (unpaired) electrons. The van der Waals surface area contributed by atoms with Crippen molar-refractivity contribution in [3.63, 3.8) is 0 Å². The Bertz CT molecular complexity index is 1200. The van der Waals surface area contributed by atoms with E-state index in [1.807, 2.05) is 12.3 Å². The van der Waals surface area contributed by atoms with Gasteiger partial charge >= 0.3 is 0 Å². The number of nitrogens with zero attached hydrogens (tertiary/aromatic N) is 4. The number of anilines is 1. The summed E-state index contributed by atoms with van der Waals surface area (Å²) < 4.78 is 0. The molecule has 5 rings (SSSR count). The summed E-state index contributed by atoms with van der Waals surface area (Å²) >= 11 is 2.78. The van der Waals surface area contributed by atoms with E-state index in [4.69, 9.17) is 0 Å². The van der Waals surface area contributed by atoms with Gasteiger partial charge < -0.3 is 4.90 Å². The van der Waals surface area contributed by atoms with Crippen molar-refractivity contribution in [2.75, 3.05) is 18.0 Å². The fraction of sp³-hybridized carbons (Fsp3) is 0.346. The minimum Gasteiger partial charge on any atom is -0.341 e. The van der Waals surface area contributed by atoms with Crippen molar-refractivity contribution < 1.29 is 9.59 Å². The summed E-state index contributed by atoms with van der Waals surface area (Å²) in [6.07, 6.45) is 10.9. The number of thiophene rings is 1. The normalized spacial score (nSPS) is 18.2. The Labute approximate surface area is 207 Å². The molecule has 2 aliphatic heterocycles. The van der Waals surface area contributed by atoms with Gasteiger partial charge in [0.2, 0.25) is 11.1 Å². The number of thioether (sulfide) groups is 1. The van der Waals surface area contributed by atoms with E-state index in [0.29, 0.717) is 22.5 Å². The van der Waals surface area contributed by atoms with Crippen LogP contribution >= 0.6 is 23.1 Å². The number of hydrogen-bond acceptors (Lipinski definition) is 8. The predicted molar refractivity (Wildman–Crippen MR) is 138 cm³/mol. The second-order valence-electron chi connectivity index (χ2n) is 8.66. The minimum absolute atomic E-state index is 0.0162. The summed E-state index contributed by atoms with van der Waals surface area (Å²) in [7, 11) is 0. The summed E-state index contributed by atoms with van der Waals surface area (Å²) in [6.45, 7) is 1.86. The molecule has 34 heavy (non-hydrogen) atoms. The monoisotopic (exact) mass is 490 g/mol. The molecule has 3 aromatic heterocycles. The summed E-state index contributed by atoms with van der Waals surface area (Å²) in [5, 5.41) is 2.02. The van der Waals surface area contributed by atoms with Crippen LogP contribution in [0.25, 0.3) is 16.5 Å². The van der Waals surface area contributed by atoms with Crippen molar-refractivity contribution >= 4 is 46.0 Å². The highest BCUT2D eigenvalue weighted by molar-refractivity contribution is 8.18. The van der Waals surface area contributed by atoms with Gasteiger partial charge in [-0.2, -0.15) is 0 Å². The maximum absolute atomic E-state index is 11.9. The van der Waals surface area contributed by atoms with Crippen LogP contribution in [0.4, 0.5) is 5.95 Å². The minimum atomic E-state index is -0.121. The number of aryl methyl sites for hydroxylation is 1. The van der Waals surface area contributed by atoms with E-state index < -0.39 is 0 Å². The SMILES string of the molecule is O=C1CC(=O)/C(=C/c2ccnc(N3CCC(CCCc4ncccc4-c4cccs4)CC3)n2)S1. The molecule has 3 aromatic rings. The fourth-order valence-corrected chi connectivity index (χ4v) is 6.13. The van der Waals surface area contributed by atoms with Gasteiger partial charge in [0.25, 0.3) is 0 Å². The van der Waals surface area contributed by atoms with E-state index in [9.17, 15) is 9.59 Å². The first-order chi connectivity index (χ1) is 16.7. The van der Waals surface area contributed by atoms with Crippen LogP contribution in [0.3, 0.4) is 0 Å². The van der Waals surface area contributed by atoms with Gasteiger partial charge in [0.05, 0.1) is 17.0 Å². The number of rotatable bonds is 7. The molecule has 2 fully saturated rings. The third-order valence-electron chi connectivity index (χ3n) is 6.35. The number of ketones is 1. The Morgan fingerprint density at radius 1 is 1.06 bits per heavy atom. The van der Waals surface area contributed by atoms with Crippen molar-refractivity contribution in [1.82, 2.24) is 15.0 Å². The second-order valence-corrected chi connectivity index (χ2v) is 10.7. The standard InChI is InChI=1S/C26H26N4O2S2/c31-22-17-25(32)34-24(22)16-19-8-12-28-26(29-19)30-13-9-18(10-14-30)4-1-6-21-20(5-2-11-27-21)23-7-3-15-33-23/h2-3,5,7-8,11-12,15-16,18H,1,4,6,9-10,13-14,17H2/b24-16-. The van der Waals surface area contributed by atoms with Gasteiger partial charge in [-0.05, 0) is 79.4 Å². The Morgan fingerprint density at radius 2 is 1.94 bits per heavy atom. The molecule has 5 heterocycles. The highest BCUT2D eigenvalue weighted by Gasteiger charge is 2.26. The van der Waals surface area contributed by atoms with E-state index in [-0.39, 0.29) is 17.3 Å². The number of allylic oxidation sites excluding steroid dienone is 1. The van der Waals surface area contributed by atoms with Crippen molar-refractivity contribution in [3.05, 3.63) is 64.4 Å². The van der Waals surface area contributed by atoms with Crippen LogP contribution in [-0.4, -0.2) is 38.9 Å². The number of Topliss-reactive ketones (excluding diaryl/α,β-unsaturated/α-hetero) is 1. The molecule has 174 valence electrons. The third kappa shape index (κ3) is 5.45. The lowest BCUT2D eigenvalue weighted by atomic mass is 9.91. The number of carbonyl (C=O) groups is 2. The van der Waals surface area contributed by atoms with Crippen molar-refractivity contribution in [3.8, 4) is 10.4 Å². The predicted octanol–water partition coefficient (Wildman–Crippen LogP) is 5.41. The Morgan fingerprint density at radius 3 is 2.71 bits per heavy atom. The van der Waals surface area contributed by atoms with Crippen molar-refractivity contribution in [2.45, 2.75) is 38.5 Å². The zero-order chi connectivity index (χ0) is 23.3. The number of piperidine rings is 1. The number of carbonyl (C=O) groups excluding carboxylic acids is 2. The Balaban J connectivity index is 1.13. The zero-order valence-corrected chi connectivity index (χ0v) is 20.5. The molecule has 0 aromatic carbocycles. The molecule has 0 unspecified atom stereocenters. The summed E-state index contributed by atoms with van der Waals surface area (Å²) in [4.78, 5) is 41.1. The average Bonchev–Trinajstić information content (AvgIpc) is 3.50. The molecule has 2 aliphatic rings. The van der Waals surface area contributed by atoms with Crippen LogP contribution in [0.15, 0.2) is 53.0 Å². The van der Waals surface area contributed by atoms with Crippen LogP contribution in [0.1, 0.15) is 43.5 Å². The van der Waals surface area contributed by atoms with Crippen LogP contribution in [0.2, 0.25) is 0 Å². The lowest BCUT2D eigenvalue weighted by molar-refractivity contribution is -0.119. The molecule has 6 nitrogen and oxygen atoms in total. The first-order valence-corrected chi connectivity index (χ1v) is 13.4. The average molecular weight is 491 g/mol. The zero-order valence-electron chi connectivity index (χ0n) is 18.9. The topological polar surface area (TPSA) is 76.1 Å². The lowest BCUT2D eigenvalue weighted by Gasteiger charge is -2.32. The molecule has 0 aliphatic carbocycles. The van der Waals surface area contributed by atoms with E-state index >= 15 is 0 Å². The molecule has 0 bridgehead atoms. The Hall–Kier alpha value is -2.84. The van der Waals surface area contributed by atoms with Gasteiger partial charge in [0.1, 0.15) is 0 Å². The van der Waals surface area contributed by atoms with Crippen LogP contribution in [0, 0.1) is 5.92 Å². The largest absolute Gasteiger partial charge is 0.341 e. The molecule has 0 N–H and O–H groups in total. The number of aromatic nitrogens is 3. The van der Waals surface area contributed by atoms with Gasteiger partial charge in [-0.25, -0.2) is 9.97 Å². The summed E-state index contributed by atoms with van der Waals surface area (Å²) in [6, 6.07) is 10.2.